The van der Waals surface area contributed by atoms with Crippen molar-refractivity contribution < 1.29 is 41.4 Å². The van der Waals surface area contributed by atoms with E-state index in [1.54, 1.807) is 0 Å². The van der Waals surface area contributed by atoms with Crippen molar-refractivity contribution in [2.75, 3.05) is 18.1 Å². The Bertz CT molecular complexity index is 332. The largest absolute Gasteiger partial charge is 0.479 e. The van der Waals surface area contributed by atoms with E-state index in [0.717, 1.165) is 11.8 Å². The van der Waals surface area contributed by atoms with Gasteiger partial charge in [-0.2, -0.15) is 33.7 Å². The summed E-state index contributed by atoms with van der Waals surface area (Å²) < 4.78 is 64.6. The molecule has 4 nitrogen and oxygen atoms in total. The second kappa shape index (κ2) is 8.28. The lowest BCUT2D eigenvalue weighted by atomic mass is 10.2. The Kier molecular flexibility index (Phi) is 7.84. The molecule has 0 amide bonds. The van der Waals surface area contributed by atoms with Crippen molar-refractivity contribution in [1.82, 2.24) is 0 Å². The summed E-state index contributed by atoms with van der Waals surface area (Å²) in [6.07, 6.45) is -7.32. The number of thioether (sulfide) groups is 1. The molecule has 0 spiro atoms. The molecule has 10 heteroatoms. The van der Waals surface area contributed by atoms with Gasteiger partial charge in [0.25, 0.3) is 0 Å². The van der Waals surface area contributed by atoms with Crippen LogP contribution in [0.15, 0.2) is 0 Å². The molecule has 118 valence electrons. The van der Waals surface area contributed by atoms with Crippen molar-refractivity contribution in [1.29, 1.82) is 0 Å². The number of ether oxygens (including phenoxy) is 1. The van der Waals surface area contributed by atoms with Gasteiger partial charge in [0.1, 0.15) is 0 Å². The maximum absolute atomic E-state index is 12.5. The van der Waals surface area contributed by atoms with E-state index in [-0.39, 0.29) is 24.3 Å². The van der Waals surface area contributed by atoms with Gasteiger partial charge in [0.15, 0.2) is 6.61 Å². The molecule has 0 aliphatic rings. The van der Waals surface area contributed by atoms with Crippen LogP contribution < -0.4 is 0 Å². The maximum Gasteiger partial charge on any atom is 0.453 e. The van der Waals surface area contributed by atoms with Crippen molar-refractivity contribution >= 4 is 23.7 Å². The first kappa shape index (κ1) is 18.9. The third-order valence-corrected chi connectivity index (χ3v) is 3.07. The molecule has 0 heterocycles. The third-order valence-electron chi connectivity index (χ3n) is 2.00. The summed E-state index contributed by atoms with van der Waals surface area (Å²) in [6, 6.07) is 0. The van der Waals surface area contributed by atoms with Gasteiger partial charge >= 0.3 is 24.0 Å². The number of hydrogen-bond donors (Lipinski definition) is 1. The lowest BCUT2D eigenvalue weighted by Crippen LogP contribution is -2.36. The quantitative estimate of drug-likeness (QED) is 0.401. The zero-order valence-electron chi connectivity index (χ0n) is 10.2. The van der Waals surface area contributed by atoms with Crippen LogP contribution in [0.2, 0.25) is 0 Å². The summed E-state index contributed by atoms with van der Waals surface area (Å²) in [4.78, 5) is 21.0. The first-order valence-corrected chi connectivity index (χ1v) is 6.61. The molecule has 0 aromatic carbocycles. The van der Waals surface area contributed by atoms with Gasteiger partial charge < -0.3 is 9.84 Å². The van der Waals surface area contributed by atoms with Crippen LogP contribution in [-0.4, -0.2) is 47.3 Å². The lowest BCUT2D eigenvalue weighted by molar-refractivity contribution is -0.284. The molecule has 0 aliphatic heterocycles. The number of aliphatic carboxylic acids is 1. The molecular formula is C10H13F5O4S. The van der Waals surface area contributed by atoms with Crippen molar-refractivity contribution in [3.63, 3.8) is 0 Å². The molecule has 0 radical (unpaired) electrons. The van der Waals surface area contributed by atoms with Crippen LogP contribution in [0.4, 0.5) is 22.0 Å². The van der Waals surface area contributed by atoms with Crippen molar-refractivity contribution in [2.45, 2.75) is 31.4 Å². The number of rotatable bonds is 9. The number of carbonyl (C=O) groups excluding carboxylic acids is 1. The monoisotopic (exact) mass is 324 g/mol. The van der Waals surface area contributed by atoms with Gasteiger partial charge in [0.2, 0.25) is 0 Å². The Balaban J connectivity index is 3.64. The fourth-order valence-corrected chi connectivity index (χ4v) is 1.87. The summed E-state index contributed by atoms with van der Waals surface area (Å²) in [5.74, 6) is -6.57. The van der Waals surface area contributed by atoms with Gasteiger partial charge in [0, 0.05) is 12.2 Å². The summed E-state index contributed by atoms with van der Waals surface area (Å²) in [7, 11) is 0. The number of halogens is 5. The zero-order valence-corrected chi connectivity index (χ0v) is 11.0. The number of carboxylic acids is 1. The van der Waals surface area contributed by atoms with Gasteiger partial charge in [-0.3, -0.25) is 4.79 Å². The van der Waals surface area contributed by atoms with Gasteiger partial charge in [-0.05, 0) is 12.2 Å². The highest BCUT2D eigenvalue weighted by Gasteiger charge is 2.56. The van der Waals surface area contributed by atoms with Crippen LogP contribution in [0, 0.1) is 0 Å². The zero-order chi connectivity index (χ0) is 15.8. The molecule has 0 unspecified atom stereocenters. The molecular weight excluding hydrogens is 311 g/mol. The molecule has 1 N–H and O–H groups in total. The second-order valence-electron chi connectivity index (χ2n) is 3.72. The van der Waals surface area contributed by atoms with E-state index >= 15 is 0 Å². The Morgan fingerprint density at radius 1 is 1.10 bits per heavy atom. The van der Waals surface area contributed by atoms with Gasteiger partial charge in [-0.25, -0.2) is 4.79 Å². The minimum Gasteiger partial charge on any atom is -0.479 e. The molecule has 0 aliphatic carbocycles. The van der Waals surface area contributed by atoms with Gasteiger partial charge in [-0.1, -0.05) is 0 Å². The van der Waals surface area contributed by atoms with Crippen LogP contribution in [0.5, 0.6) is 0 Å². The highest BCUT2D eigenvalue weighted by atomic mass is 32.2. The van der Waals surface area contributed by atoms with E-state index in [1.165, 1.54) is 0 Å². The number of carboxylic acid groups (broad SMARTS) is 1. The molecule has 0 aromatic rings. The molecule has 0 bridgehead atoms. The molecule has 0 saturated carbocycles. The minimum absolute atomic E-state index is 0.0396. The maximum atomic E-state index is 12.5. The van der Waals surface area contributed by atoms with Crippen LogP contribution >= 0.6 is 11.8 Å². The van der Waals surface area contributed by atoms with Crippen LogP contribution in [0.3, 0.4) is 0 Å². The third kappa shape index (κ3) is 8.18. The fraction of sp³-hybridized carbons (Fsp3) is 0.800. The highest BCUT2D eigenvalue weighted by Crippen LogP contribution is 2.38. The van der Waals surface area contributed by atoms with E-state index in [9.17, 15) is 31.5 Å². The lowest BCUT2D eigenvalue weighted by Gasteiger charge is -2.19. The summed E-state index contributed by atoms with van der Waals surface area (Å²) >= 11 is 1.02. The average Bonchev–Trinajstić information content (AvgIpc) is 2.29. The predicted molar refractivity (Wildman–Crippen MR) is 60.8 cm³/mol. The molecule has 0 atom stereocenters. The smallest absolute Gasteiger partial charge is 0.453 e. The van der Waals surface area contributed by atoms with Gasteiger partial charge in [-0.15, -0.1) is 0 Å². The van der Waals surface area contributed by atoms with E-state index in [4.69, 9.17) is 5.11 Å². The predicted octanol–water partition coefficient (Wildman–Crippen LogP) is 2.72. The number of carbonyl (C=O) groups is 2. The van der Waals surface area contributed by atoms with Crippen LogP contribution in [0.1, 0.15) is 19.3 Å². The SMILES string of the molecule is O=C(O)COC(=O)CCSCCCC(F)(F)C(F)(F)F. The van der Waals surface area contributed by atoms with E-state index in [0.29, 0.717) is 0 Å². The molecule has 0 fully saturated rings. The first-order chi connectivity index (χ1) is 9.06. The summed E-state index contributed by atoms with van der Waals surface area (Å²) in [5.41, 5.74) is 0. The van der Waals surface area contributed by atoms with E-state index in [2.05, 4.69) is 4.74 Å². The Morgan fingerprint density at radius 2 is 1.70 bits per heavy atom. The number of esters is 1. The number of alkyl halides is 5. The fourth-order valence-electron chi connectivity index (χ4n) is 1.01. The van der Waals surface area contributed by atoms with Crippen molar-refractivity contribution in [3.05, 3.63) is 0 Å². The minimum atomic E-state index is -5.54. The first-order valence-electron chi connectivity index (χ1n) is 5.46. The van der Waals surface area contributed by atoms with Crippen LogP contribution in [-0.2, 0) is 14.3 Å². The topological polar surface area (TPSA) is 63.6 Å². The second-order valence-corrected chi connectivity index (χ2v) is 4.95. The van der Waals surface area contributed by atoms with Crippen molar-refractivity contribution in [2.24, 2.45) is 0 Å². The van der Waals surface area contributed by atoms with Gasteiger partial charge in [0.05, 0.1) is 6.42 Å². The van der Waals surface area contributed by atoms with E-state index in [1.807, 2.05) is 0 Å². The number of hydrogen-bond acceptors (Lipinski definition) is 4. The van der Waals surface area contributed by atoms with Crippen molar-refractivity contribution in [3.8, 4) is 0 Å². The normalized spacial score (nSPS) is 12.2. The summed E-state index contributed by atoms with van der Waals surface area (Å²) in [5, 5.41) is 8.20. The highest BCUT2D eigenvalue weighted by molar-refractivity contribution is 7.99. The van der Waals surface area contributed by atoms with Crippen LogP contribution in [0.25, 0.3) is 0 Å². The Morgan fingerprint density at radius 3 is 2.20 bits per heavy atom. The molecule has 20 heavy (non-hydrogen) atoms. The molecule has 0 saturated heterocycles. The summed E-state index contributed by atoms with van der Waals surface area (Å²) in [6.45, 7) is -0.763. The average molecular weight is 324 g/mol. The Hall–Kier alpha value is -1.06. The van der Waals surface area contributed by atoms with E-state index < -0.39 is 37.1 Å². The standard InChI is InChI=1S/C10H13F5O4S/c11-9(12,10(13,14)15)3-1-4-20-5-2-8(18)19-6-7(16)17/h1-6H2,(H,16,17). The molecule has 0 rings (SSSR count). The molecule has 0 aromatic heterocycles. The Labute approximate surface area is 115 Å².